The molecule has 4 rings (SSSR count). The number of amides is 1. The van der Waals surface area contributed by atoms with E-state index in [9.17, 15) is 9.59 Å². The number of hydrogen-bond acceptors (Lipinski definition) is 7. The van der Waals surface area contributed by atoms with Gasteiger partial charge in [0.05, 0.1) is 6.61 Å². The van der Waals surface area contributed by atoms with Gasteiger partial charge in [0.15, 0.2) is 11.5 Å². The average Bonchev–Trinajstić information content (AvgIpc) is 3.46. The van der Waals surface area contributed by atoms with Gasteiger partial charge in [-0.25, -0.2) is 4.98 Å². The topological polar surface area (TPSA) is 78.0 Å². The highest BCUT2D eigenvalue weighted by atomic mass is 32.1. The van der Waals surface area contributed by atoms with Crippen LogP contribution in [0, 0.1) is 0 Å². The number of carbonyl (C=O) groups is 2. The number of benzene rings is 1. The molecule has 0 spiro atoms. The van der Waals surface area contributed by atoms with Crippen molar-refractivity contribution in [3.8, 4) is 22.1 Å². The summed E-state index contributed by atoms with van der Waals surface area (Å²) in [7, 11) is 0. The lowest BCUT2D eigenvalue weighted by Crippen LogP contribution is -2.43. The minimum absolute atomic E-state index is 0.0335. The molecule has 148 valence electrons. The van der Waals surface area contributed by atoms with Gasteiger partial charge >= 0.3 is 5.97 Å². The summed E-state index contributed by atoms with van der Waals surface area (Å²) in [5.74, 6) is 0.783. The van der Waals surface area contributed by atoms with Crippen LogP contribution in [0.5, 0.6) is 11.5 Å². The molecule has 0 unspecified atom stereocenters. The van der Waals surface area contributed by atoms with E-state index in [2.05, 4.69) is 4.98 Å². The molecule has 2 aromatic rings. The van der Waals surface area contributed by atoms with E-state index in [-0.39, 0.29) is 31.3 Å². The van der Waals surface area contributed by atoms with Crippen molar-refractivity contribution in [2.24, 2.45) is 0 Å². The number of esters is 1. The van der Waals surface area contributed by atoms with Gasteiger partial charge in [0, 0.05) is 17.0 Å². The summed E-state index contributed by atoms with van der Waals surface area (Å²) in [6, 6.07) is 5.66. The van der Waals surface area contributed by atoms with Crippen LogP contribution < -0.4 is 9.47 Å². The molecule has 1 aliphatic heterocycles. The number of ether oxygens (including phenoxy) is 3. The SMILES string of the molecule is CCOC(=O)CN(C(=O)c1csc(-c2ccc3c(c2)OCO3)n1)C1CCCC1. The molecule has 2 aliphatic rings. The first kappa shape index (κ1) is 18.7. The molecule has 1 aromatic carbocycles. The van der Waals surface area contributed by atoms with Crippen molar-refractivity contribution in [1.29, 1.82) is 0 Å². The van der Waals surface area contributed by atoms with Crippen molar-refractivity contribution in [3.05, 3.63) is 29.3 Å². The third kappa shape index (κ3) is 3.82. The number of nitrogens with zero attached hydrogens (tertiary/aromatic N) is 2. The standard InChI is InChI=1S/C20H22N2O5S/c1-2-25-18(23)10-22(14-5-3-4-6-14)20(24)15-11-28-19(21-15)13-7-8-16-17(9-13)27-12-26-16/h7-9,11,14H,2-6,10,12H2,1H3. The summed E-state index contributed by atoms with van der Waals surface area (Å²) < 4.78 is 15.8. The average molecular weight is 402 g/mol. The Morgan fingerprint density at radius 3 is 2.82 bits per heavy atom. The first-order valence-electron chi connectivity index (χ1n) is 9.48. The van der Waals surface area contributed by atoms with Crippen molar-refractivity contribution >= 4 is 23.2 Å². The van der Waals surface area contributed by atoms with Crippen molar-refractivity contribution < 1.29 is 23.8 Å². The van der Waals surface area contributed by atoms with Crippen LogP contribution in [0.1, 0.15) is 43.1 Å². The first-order chi connectivity index (χ1) is 13.7. The van der Waals surface area contributed by atoms with Gasteiger partial charge in [0.25, 0.3) is 5.91 Å². The summed E-state index contributed by atoms with van der Waals surface area (Å²) in [6.07, 6.45) is 3.95. The van der Waals surface area contributed by atoms with Crippen LogP contribution in [0.15, 0.2) is 23.6 Å². The zero-order valence-electron chi connectivity index (χ0n) is 15.7. The maximum atomic E-state index is 13.1. The Balaban J connectivity index is 1.55. The number of carbonyl (C=O) groups excluding carboxylic acids is 2. The molecule has 1 saturated carbocycles. The van der Waals surface area contributed by atoms with Gasteiger partial charge < -0.3 is 19.1 Å². The fourth-order valence-corrected chi connectivity index (χ4v) is 4.40. The molecule has 28 heavy (non-hydrogen) atoms. The fraction of sp³-hybridized carbons (Fsp3) is 0.450. The minimum atomic E-state index is -0.381. The molecule has 7 nitrogen and oxygen atoms in total. The van der Waals surface area contributed by atoms with Crippen molar-refractivity contribution in [2.75, 3.05) is 19.9 Å². The van der Waals surface area contributed by atoms with E-state index >= 15 is 0 Å². The Kier molecular flexibility index (Phi) is 5.47. The fourth-order valence-electron chi connectivity index (χ4n) is 3.61. The maximum Gasteiger partial charge on any atom is 0.325 e. The van der Waals surface area contributed by atoms with Crippen LogP contribution in [0.4, 0.5) is 0 Å². The number of aromatic nitrogens is 1. The van der Waals surface area contributed by atoms with E-state index in [0.717, 1.165) is 36.3 Å². The summed E-state index contributed by atoms with van der Waals surface area (Å²) in [5, 5.41) is 2.47. The Morgan fingerprint density at radius 1 is 1.25 bits per heavy atom. The zero-order valence-corrected chi connectivity index (χ0v) is 16.5. The first-order valence-corrected chi connectivity index (χ1v) is 10.4. The smallest absolute Gasteiger partial charge is 0.325 e. The van der Waals surface area contributed by atoms with Crippen LogP contribution in [-0.2, 0) is 9.53 Å². The van der Waals surface area contributed by atoms with Crippen LogP contribution in [-0.4, -0.2) is 47.7 Å². The maximum absolute atomic E-state index is 13.1. The molecule has 8 heteroatoms. The Bertz CT molecular complexity index is 875. The van der Waals surface area contributed by atoms with Crippen molar-refractivity contribution in [1.82, 2.24) is 9.88 Å². The van der Waals surface area contributed by atoms with Crippen molar-refractivity contribution in [2.45, 2.75) is 38.6 Å². The molecule has 2 heterocycles. The molecule has 1 aromatic heterocycles. The highest BCUT2D eigenvalue weighted by Crippen LogP contribution is 2.37. The molecule has 0 radical (unpaired) electrons. The minimum Gasteiger partial charge on any atom is -0.465 e. The van der Waals surface area contributed by atoms with Gasteiger partial charge in [0.1, 0.15) is 17.2 Å². The van der Waals surface area contributed by atoms with Crippen LogP contribution >= 0.6 is 11.3 Å². The second-order valence-corrected chi connectivity index (χ2v) is 7.64. The molecule has 0 bridgehead atoms. The molecule has 0 atom stereocenters. The normalized spacial score (nSPS) is 15.6. The summed E-state index contributed by atoms with van der Waals surface area (Å²) in [6.45, 7) is 2.24. The molecule has 1 fully saturated rings. The van der Waals surface area contributed by atoms with E-state index in [0.29, 0.717) is 23.8 Å². The number of thiazole rings is 1. The van der Waals surface area contributed by atoms with Crippen LogP contribution in [0.25, 0.3) is 10.6 Å². The van der Waals surface area contributed by atoms with Gasteiger partial charge in [-0.15, -0.1) is 11.3 Å². The Hall–Kier alpha value is -2.61. The third-order valence-corrected chi connectivity index (χ3v) is 5.87. The Labute approximate surface area is 167 Å². The molecule has 0 N–H and O–H groups in total. The van der Waals surface area contributed by atoms with Gasteiger partial charge in [-0.3, -0.25) is 9.59 Å². The van der Waals surface area contributed by atoms with Gasteiger partial charge in [-0.2, -0.15) is 0 Å². The second kappa shape index (κ2) is 8.18. The van der Waals surface area contributed by atoms with Crippen molar-refractivity contribution in [3.63, 3.8) is 0 Å². The lowest BCUT2D eigenvalue weighted by Gasteiger charge is -2.27. The lowest BCUT2D eigenvalue weighted by atomic mass is 10.2. The van der Waals surface area contributed by atoms with E-state index in [1.54, 1.807) is 17.2 Å². The highest BCUT2D eigenvalue weighted by Gasteiger charge is 2.31. The van der Waals surface area contributed by atoms with Crippen LogP contribution in [0.3, 0.4) is 0 Å². The second-order valence-electron chi connectivity index (χ2n) is 6.78. The van der Waals surface area contributed by atoms with E-state index in [4.69, 9.17) is 14.2 Å². The molecule has 1 aliphatic carbocycles. The van der Waals surface area contributed by atoms with Crippen LogP contribution in [0.2, 0.25) is 0 Å². The van der Waals surface area contributed by atoms with Gasteiger partial charge in [0.2, 0.25) is 6.79 Å². The van der Waals surface area contributed by atoms with E-state index in [1.165, 1.54) is 11.3 Å². The van der Waals surface area contributed by atoms with Gasteiger partial charge in [-0.05, 0) is 38.0 Å². The summed E-state index contributed by atoms with van der Waals surface area (Å²) in [4.78, 5) is 31.3. The monoisotopic (exact) mass is 402 g/mol. The van der Waals surface area contributed by atoms with E-state index in [1.807, 2.05) is 18.2 Å². The molecular weight excluding hydrogens is 380 g/mol. The zero-order chi connectivity index (χ0) is 19.5. The largest absolute Gasteiger partial charge is 0.465 e. The lowest BCUT2D eigenvalue weighted by molar-refractivity contribution is -0.144. The number of hydrogen-bond donors (Lipinski definition) is 0. The number of rotatable bonds is 6. The quantitative estimate of drug-likeness (QED) is 0.689. The third-order valence-electron chi connectivity index (χ3n) is 4.97. The molecule has 1 amide bonds. The predicted octanol–water partition coefficient (Wildman–Crippen LogP) is 3.49. The predicted molar refractivity (Wildman–Crippen MR) is 104 cm³/mol. The summed E-state index contributed by atoms with van der Waals surface area (Å²) in [5.41, 5.74) is 1.22. The van der Waals surface area contributed by atoms with Gasteiger partial charge in [-0.1, -0.05) is 12.8 Å². The van der Waals surface area contributed by atoms with E-state index < -0.39 is 0 Å². The number of fused-ring (bicyclic) bond motifs is 1. The Morgan fingerprint density at radius 2 is 2.04 bits per heavy atom. The summed E-state index contributed by atoms with van der Waals surface area (Å²) >= 11 is 1.39. The molecule has 0 saturated heterocycles. The molecular formula is C20H22N2O5S. The highest BCUT2D eigenvalue weighted by molar-refractivity contribution is 7.13.